The summed E-state index contributed by atoms with van der Waals surface area (Å²) in [7, 11) is 0. The first-order valence-corrected chi connectivity index (χ1v) is 9.75. The molecule has 5 nitrogen and oxygen atoms in total. The summed E-state index contributed by atoms with van der Waals surface area (Å²) >= 11 is 12.6. The summed E-state index contributed by atoms with van der Waals surface area (Å²) in [6, 6.07) is 11.3. The largest absolute Gasteiger partial charge is 0.490 e. The van der Waals surface area contributed by atoms with Crippen molar-refractivity contribution in [3.8, 4) is 11.5 Å². The van der Waals surface area contributed by atoms with Crippen LogP contribution in [-0.2, 0) is 13.2 Å². The molecule has 0 saturated carbocycles. The molecule has 0 saturated heterocycles. The quantitative estimate of drug-likeness (QED) is 0.464. The van der Waals surface area contributed by atoms with Crippen LogP contribution in [-0.4, -0.2) is 38.0 Å². The summed E-state index contributed by atoms with van der Waals surface area (Å²) in [6.45, 7) is 5.68. The molecule has 0 aliphatic carbocycles. The van der Waals surface area contributed by atoms with Crippen LogP contribution >= 0.6 is 23.2 Å². The molecule has 27 heavy (non-hydrogen) atoms. The predicted molar refractivity (Wildman–Crippen MR) is 110 cm³/mol. The second-order valence-corrected chi connectivity index (χ2v) is 6.67. The lowest BCUT2D eigenvalue weighted by molar-refractivity contribution is 0.269. The van der Waals surface area contributed by atoms with Gasteiger partial charge in [0.05, 0.1) is 13.2 Å². The van der Waals surface area contributed by atoms with Crippen LogP contribution in [0.1, 0.15) is 18.1 Å². The molecule has 0 aromatic heterocycles. The van der Waals surface area contributed by atoms with E-state index in [0.29, 0.717) is 47.8 Å². The van der Waals surface area contributed by atoms with Crippen molar-refractivity contribution in [2.45, 2.75) is 20.1 Å². The van der Waals surface area contributed by atoms with Gasteiger partial charge in [-0.3, -0.25) is 0 Å². The van der Waals surface area contributed by atoms with E-state index in [4.69, 9.17) is 37.8 Å². The molecule has 7 heteroatoms. The van der Waals surface area contributed by atoms with Gasteiger partial charge >= 0.3 is 0 Å². The van der Waals surface area contributed by atoms with Crippen molar-refractivity contribution in [1.29, 1.82) is 0 Å². The molecule has 148 valence electrons. The van der Waals surface area contributed by atoms with E-state index < -0.39 is 0 Å². The smallest absolute Gasteiger partial charge is 0.163 e. The van der Waals surface area contributed by atoms with Crippen molar-refractivity contribution in [3.05, 3.63) is 57.6 Å². The Morgan fingerprint density at radius 2 is 1.63 bits per heavy atom. The summed E-state index contributed by atoms with van der Waals surface area (Å²) < 4.78 is 11.6. The standard InChI is InChI=1S/C20H26Cl2N2O3/c1-2-26-19-11-16(13-24-8-7-23-9-10-25)18(22)12-20(19)27-14-15-5-3-4-6-17(15)21/h3-6,11-12,23-25H,2,7-10,13-14H2,1H3. The maximum Gasteiger partial charge on any atom is 0.163 e. The molecule has 0 atom stereocenters. The molecule has 0 aliphatic heterocycles. The zero-order chi connectivity index (χ0) is 19.5. The highest BCUT2D eigenvalue weighted by Gasteiger charge is 2.12. The number of hydrogen-bond acceptors (Lipinski definition) is 5. The molecule has 0 bridgehead atoms. The number of aliphatic hydroxyl groups excluding tert-OH is 1. The molecular formula is C20H26Cl2N2O3. The van der Waals surface area contributed by atoms with Crippen LogP contribution < -0.4 is 20.1 Å². The van der Waals surface area contributed by atoms with Crippen LogP contribution in [0.25, 0.3) is 0 Å². The third kappa shape index (κ3) is 7.20. The van der Waals surface area contributed by atoms with E-state index in [9.17, 15) is 0 Å². The highest BCUT2D eigenvalue weighted by molar-refractivity contribution is 6.31. The van der Waals surface area contributed by atoms with Crippen molar-refractivity contribution >= 4 is 23.2 Å². The summed E-state index contributed by atoms with van der Waals surface area (Å²) in [4.78, 5) is 0. The summed E-state index contributed by atoms with van der Waals surface area (Å²) in [6.07, 6.45) is 0. The molecule has 0 unspecified atom stereocenters. The Kier molecular flexibility index (Phi) is 9.73. The molecule has 0 amide bonds. The third-order valence-corrected chi connectivity index (χ3v) is 4.56. The molecular weight excluding hydrogens is 387 g/mol. The zero-order valence-corrected chi connectivity index (χ0v) is 16.9. The van der Waals surface area contributed by atoms with Gasteiger partial charge in [0.15, 0.2) is 11.5 Å². The molecule has 3 N–H and O–H groups in total. The number of nitrogens with one attached hydrogen (secondary N) is 2. The number of halogens is 2. The van der Waals surface area contributed by atoms with Gasteiger partial charge in [-0.25, -0.2) is 0 Å². The fraction of sp³-hybridized carbons (Fsp3) is 0.400. The maximum absolute atomic E-state index is 8.74. The average Bonchev–Trinajstić information content (AvgIpc) is 2.66. The van der Waals surface area contributed by atoms with Crippen molar-refractivity contribution < 1.29 is 14.6 Å². The number of aliphatic hydroxyl groups is 1. The number of hydrogen-bond donors (Lipinski definition) is 3. The Bertz CT molecular complexity index is 714. The third-order valence-electron chi connectivity index (χ3n) is 3.84. The molecule has 0 spiro atoms. The van der Waals surface area contributed by atoms with Gasteiger partial charge in [0.2, 0.25) is 0 Å². The van der Waals surface area contributed by atoms with Crippen LogP contribution in [0.5, 0.6) is 11.5 Å². The van der Waals surface area contributed by atoms with Crippen LogP contribution in [0, 0.1) is 0 Å². The highest BCUT2D eigenvalue weighted by atomic mass is 35.5. The van der Waals surface area contributed by atoms with Gasteiger partial charge in [-0.15, -0.1) is 0 Å². The minimum atomic E-state index is 0.138. The van der Waals surface area contributed by atoms with Crippen molar-refractivity contribution in [2.24, 2.45) is 0 Å². The van der Waals surface area contributed by atoms with Gasteiger partial charge in [0.1, 0.15) is 6.61 Å². The number of rotatable bonds is 12. The van der Waals surface area contributed by atoms with Crippen LogP contribution in [0.15, 0.2) is 36.4 Å². The highest BCUT2D eigenvalue weighted by Crippen LogP contribution is 2.34. The lowest BCUT2D eigenvalue weighted by Crippen LogP contribution is -2.28. The Labute approximate surface area is 170 Å². The lowest BCUT2D eigenvalue weighted by Gasteiger charge is -2.16. The van der Waals surface area contributed by atoms with E-state index in [1.807, 2.05) is 37.3 Å². The topological polar surface area (TPSA) is 62.8 Å². The fourth-order valence-corrected chi connectivity index (χ4v) is 2.88. The minimum Gasteiger partial charge on any atom is -0.490 e. The first-order valence-electron chi connectivity index (χ1n) is 8.99. The first-order chi connectivity index (χ1) is 13.2. The summed E-state index contributed by atoms with van der Waals surface area (Å²) in [5.74, 6) is 1.25. The molecule has 2 rings (SSSR count). The predicted octanol–water partition coefficient (Wildman–Crippen LogP) is 3.64. The van der Waals surface area contributed by atoms with Crippen LogP contribution in [0.2, 0.25) is 10.0 Å². The molecule has 0 radical (unpaired) electrons. The molecule has 0 fully saturated rings. The van der Waals surface area contributed by atoms with E-state index in [1.165, 1.54) is 0 Å². The van der Waals surface area contributed by atoms with Crippen molar-refractivity contribution in [1.82, 2.24) is 10.6 Å². The summed E-state index contributed by atoms with van der Waals surface area (Å²) in [5, 5.41) is 16.4. The van der Waals surface area contributed by atoms with Crippen LogP contribution in [0.4, 0.5) is 0 Å². The number of ether oxygens (including phenoxy) is 2. The Hall–Kier alpha value is -1.50. The van der Waals surface area contributed by atoms with E-state index >= 15 is 0 Å². The first kappa shape index (κ1) is 21.8. The van der Waals surface area contributed by atoms with E-state index in [1.54, 1.807) is 6.07 Å². The van der Waals surface area contributed by atoms with E-state index in [0.717, 1.165) is 24.2 Å². The molecule has 0 heterocycles. The second-order valence-electron chi connectivity index (χ2n) is 5.85. The van der Waals surface area contributed by atoms with Crippen LogP contribution in [0.3, 0.4) is 0 Å². The number of benzene rings is 2. The van der Waals surface area contributed by atoms with Gasteiger partial charge in [0, 0.05) is 47.9 Å². The fourth-order valence-electron chi connectivity index (χ4n) is 2.47. The maximum atomic E-state index is 8.74. The van der Waals surface area contributed by atoms with E-state index in [2.05, 4.69) is 10.6 Å². The van der Waals surface area contributed by atoms with Gasteiger partial charge < -0.3 is 25.2 Å². The Morgan fingerprint density at radius 3 is 2.37 bits per heavy atom. The zero-order valence-electron chi connectivity index (χ0n) is 15.4. The lowest BCUT2D eigenvalue weighted by atomic mass is 10.2. The Morgan fingerprint density at radius 1 is 0.889 bits per heavy atom. The molecule has 2 aromatic rings. The normalized spacial score (nSPS) is 10.8. The SMILES string of the molecule is CCOc1cc(CNCCNCCO)c(Cl)cc1OCc1ccccc1Cl. The van der Waals surface area contributed by atoms with Gasteiger partial charge in [-0.1, -0.05) is 41.4 Å². The summed E-state index contributed by atoms with van der Waals surface area (Å²) in [5.41, 5.74) is 1.84. The molecule has 2 aromatic carbocycles. The monoisotopic (exact) mass is 412 g/mol. The molecule has 0 aliphatic rings. The van der Waals surface area contributed by atoms with E-state index in [-0.39, 0.29) is 6.61 Å². The second kappa shape index (κ2) is 12.1. The Balaban J connectivity index is 2.00. The van der Waals surface area contributed by atoms with Crippen molar-refractivity contribution in [3.63, 3.8) is 0 Å². The minimum absolute atomic E-state index is 0.138. The average molecular weight is 413 g/mol. The van der Waals surface area contributed by atoms with Gasteiger partial charge in [-0.05, 0) is 24.6 Å². The van der Waals surface area contributed by atoms with Gasteiger partial charge in [0.25, 0.3) is 0 Å². The van der Waals surface area contributed by atoms with Gasteiger partial charge in [-0.2, -0.15) is 0 Å². The van der Waals surface area contributed by atoms with Crippen molar-refractivity contribution in [2.75, 3.05) is 32.8 Å².